The first kappa shape index (κ1) is 15.3. The number of nitrogens with zero attached hydrogens (tertiary/aromatic N) is 1. The van der Waals surface area contributed by atoms with Crippen molar-refractivity contribution in [2.24, 2.45) is 5.92 Å². The number of rotatable bonds is 4. The van der Waals surface area contributed by atoms with Gasteiger partial charge in [0.05, 0.1) is 4.90 Å². The minimum atomic E-state index is -3.42. The summed E-state index contributed by atoms with van der Waals surface area (Å²) in [5, 5.41) is 0. The highest BCUT2D eigenvalue weighted by molar-refractivity contribution is 7.89. The zero-order valence-electron chi connectivity index (χ0n) is 12.3. The van der Waals surface area contributed by atoms with Crippen molar-refractivity contribution in [1.82, 2.24) is 4.31 Å². The maximum absolute atomic E-state index is 12.5. The second-order valence-corrected chi connectivity index (χ2v) is 7.85. The van der Waals surface area contributed by atoms with Crippen molar-refractivity contribution in [3.8, 4) is 0 Å². The highest BCUT2D eigenvalue weighted by Crippen LogP contribution is 2.26. The lowest BCUT2D eigenvalue weighted by Gasteiger charge is -2.26. The third kappa shape index (κ3) is 3.33. The fraction of sp³-hybridized carbons (Fsp3) is 0.600. The van der Waals surface area contributed by atoms with E-state index in [9.17, 15) is 8.42 Å². The second kappa shape index (κ2) is 6.14. The van der Waals surface area contributed by atoms with Crippen LogP contribution in [0.3, 0.4) is 0 Å². The molecule has 0 aliphatic heterocycles. The summed E-state index contributed by atoms with van der Waals surface area (Å²) >= 11 is 0. The van der Waals surface area contributed by atoms with Crippen LogP contribution in [0.5, 0.6) is 0 Å². The smallest absolute Gasteiger partial charge is 0.242 e. The Balaban J connectivity index is 2.13. The molecule has 5 heteroatoms. The Morgan fingerprint density at radius 3 is 2.50 bits per heavy atom. The molecule has 1 aliphatic carbocycles. The maximum atomic E-state index is 12.5. The SMILES string of the molecule is Cc1ccc(S(=O)(=O)N(C)CC2CCCCC2)cc1N. The Morgan fingerprint density at radius 2 is 1.90 bits per heavy atom. The number of hydrogen-bond acceptors (Lipinski definition) is 3. The Hall–Kier alpha value is -1.07. The fourth-order valence-corrected chi connectivity index (χ4v) is 4.07. The molecular formula is C15H24N2O2S. The van der Waals surface area contributed by atoms with Crippen LogP contribution in [0.2, 0.25) is 0 Å². The van der Waals surface area contributed by atoms with Crippen LogP contribution in [0.25, 0.3) is 0 Å². The normalized spacial score (nSPS) is 17.6. The van der Waals surface area contributed by atoms with Gasteiger partial charge in [0.25, 0.3) is 0 Å². The summed E-state index contributed by atoms with van der Waals surface area (Å²) in [5.41, 5.74) is 7.25. The molecule has 0 spiro atoms. The van der Waals surface area contributed by atoms with Crippen LogP contribution in [0, 0.1) is 12.8 Å². The van der Waals surface area contributed by atoms with Crippen LogP contribution in [0.1, 0.15) is 37.7 Å². The zero-order valence-corrected chi connectivity index (χ0v) is 13.1. The van der Waals surface area contributed by atoms with Gasteiger partial charge in [-0.2, -0.15) is 0 Å². The van der Waals surface area contributed by atoms with E-state index in [-0.39, 0.29) is 0 Å². The molecule has 2 N–H and O–H groups in total. The van der Waals surface area contributed by atoms with Crippen LogP contribution >= 0.6 is 0 Å². The van der Waals surface area contributed by atoms with Crippen molar-refractivity contribution in [1.29, 1.82) is 0 Å². The van der Waals surface area contributed by atoms with E-state index in [0.29, 0.717) is 23.0 Å². The van der Waals surface area contributed by atoms with Crippen LogP contribution in [-0.4, -0.2) is 26.3 Å². The van der Waals surface area contributed by atoms with Gasteiger partial charge in [0.15, 0.2) is 0 Å². The molecule has 0 saturated heterocycles. The average molecular weight is 296 g/mol. The Bertz CT molecular complexity index is 563. The highest BCUT2D eigenvalue weighted by atomic mass is 32.2. The van der Waals surface area contributed by atoms with Gasteiger partial charge in [-0.05, 0) is 43.4 Å². The predicted octanol–water partition coefficient (Wildman–Crippen LogP) is 2.78. The molecule has 0 amide bonds. The van der Waals surface area contributed by atoms with E-state index in [2.05, 4.69) is 0 Å². The van der Waals surface area contributed by atoms with Gasteiger partial charge in [0.1, 0.15) is 0 Å². The molecule has 20 heavy (non-hydrogen) atoms. The van der Waals surface area contributed by atoms with E-state index in [1.54, 1.807) is 25.2 Å². The number of anilines is 1. The number of benzene rings is 1. The van der Waals surface area contributed by atoms with Crippen LogP contribution < -0.4 is 5.73 Å². The fourth-order valence-electron chi connectivity index (χ4n) is 2.79. The number of nitrogens with two attached hydrogens (primary N) is 1. The lowest BCUT2D eigenvalue weighted by Crippen LogP contribution is -2.32. The number of sulfonamides is 1. The Morgan fingerprint density at radius 1 is 1.25 bits per heavy atom. The van der Waals surface area contributed by atoms with Gasteiger partial charge in [-0.25, -0.2) is 12.7 Å². The van der Waals surface area contributed by atoms with Gasteiger partial charge in [-0.3, -0.25) is 0 Å². The van der Waals surface area contributed by atoms with E-state index in [0.717, 1.165) is 18.4 Å². The number of aryl methyl sites for hydroxylation is 1. The van der Waals surface area contributed by atoms with E-state index in [4.69, 9.17) is 5.73 Å². The molecule has 0 bridgehead atoms. The first-order chi connectivity index (χ1) is 9.41. The average Bonchev–Trinajstić information content (AvgIpc) is 2.42. The van der Waals surface area contributed by atoms with Gasteiger partial charge in [-0.15, -0.1) is 0 Å². The van der Waals surface area contributed by atoms with E-state index in [1.165, 1.54) is 23.6 Å². The standard InChI is InChI=1S/C15H24N2O2S/c1-12-8-9-14(10-15(12)16)20(18,19)17(2)11-13-6-4-3-5-7-13/h8-10,13H,3-7,11,16H2,1-2H3. The molecule has 0 atom stereocenters. The van der Waals surface area contributed by atoms with Gasteiger partial charge < -0.3 is 5.73 Å². The summed E-state index contributed by atoms with van der Waals surface area (Å²) in [7, 11) is -1.76. The van der Waals surface area contributed by atoms with Crippen LogP contribution in [0.15, 0.2) is 23.1 Å². The topological polar surface area (TPSA) is 63.4 Å². The summed E-state index contributed by atoms with van der Waals surface area (Å²) in [6.07, 6.45) is 5.99. The van der Waals surface area contributed by atoms with Gasteiger partial charge >= 0.3 is 0 Å². The molecule has 0 radical (unpaired) electrons. The summed E-state index contributed by atoms with van der Waals surface area (Å²) in [5.74, 6) is 0.492. The van der Waals surface area contributed by atoms with Crippen molar-refractivity contribution < 1.29 is 8.42 Å². The number of hydrogen-bond donors (Lipinski definition) is 1. The van der Waals surface area contributed by atoms with Crippen LogP contribution in [0.4, 0.5) is 5.69 Å². The summed E-state index contributed by atoms with van der Waals surface area (Å²) in [6, 6.07) is 4.96. The van der Waals surface area contributed by atoms with Crippen LogP contribution in [-0.2, 0) is 10.0 Å². The molecule has 1 aromatic rings. The summed E-state index contributed by atoms with van der Waals surface area (Å²) in [6.45, 7) is 2.48. The molecule has 1 aromatic carbocycles. The summed E-state index contributed by atoms with van der Waals surface area (Å²) in [4.78, 5) is 0.291. The zero-order chi connectivity index (χ0) is 14.8. The molecular weight excluding hydrogens is 272 g/mol. The first-order valence-corrected chi connectivity index (χ1v) is 8.67. The van der Waals surface area contributed by atoms with Gasteiger partial charge in [0, 0.05) is 19.3 Å². The third-order valence-electron chi connectivity index (χ3n) is 4.20. The molecule has 0 heterocycles. The monoisotopic (exact) mass is 296 g/mol. The minimum absolute atomic E-state index is 0.291. The molecule has 4 nitrogen and oxygen atoms in total. The first-order valence-electron chi connectivity index (χ1n) is 7.23. The third-order valence-corrected chi connectivity index (χ3v) is 6.02. The van der Waals surface area contributed by atoms with Crippen molar-refractivity contribution in [3.63, 3.8) is 0 Å². The molecule has 2 rings (SSSR count). The molecule has 0 unspecified atom stereocenters. The number of nitrogen functional groups attached to an aromatic ring is 1. The molecule has 1 saturated carbocycles. The van der Waals surface area contributed by atoms with E-state index < -0.39 is 10.0 Å². The van der Waals surface area contributed by atoms with Crippen molar-refractivity contribution in [2.75, 3.05) is 19.3 Å². The largest absolute Gasteiger partial charge is 0.398 e. The van der Waals surface area contributed by atoms with Crippen molar-refractivity contribution in [3.05, 3.63) is 23.8 Å². The maximum Gasteiger partial charge on any atom is 0.242 e. The van der Waals surface area contributed by atoms with E-state index in [1.807, 2.05) is 6.92 Å². The lowest BCUT2D eigenvalue weighted by molar-refractivity contribution is 0.300. The lowest BCUT2D eigenvalue weighted by atomic mass is 9.89. The molecule has 0 aromatic heterocycles. The minimum Gasteiger partial charge on any atom is -0.398 e. The highest BCUT2D eigenvalue weighted by Gasteiger charge is 2.25. The van der Waals surface area contributed by atoms with Gasteiger partial charge in [0.2, 0.25) is 10.0 Å². The summed E-state index contributed by atoms with van der Waals surface area (Å²) < 4.78 is 26.6. The molecule has 1 fully saturated rings. The Kier molecular flexibility index (Phi) is 4.70. The quantitative estimate of drug-likeness (QED) is 0.869. The predicted molar refractivity (Wildman–Crippen MR) is 82.0 cm³/mol. The second-order valence-electron chi connectivity index (χ2n) is 5.81. The van der Waals surface area contributed by atoms with Crippen molar-refractivity contribution in [2.45, 2.75) is 43.9 Å². The Labute approximate surface area is 122 Å². The van der Waals surface area contributed by atoms with Crippen molar-refractivity contribution >= 4 is 15.7 Å². The van der Waals surface area contributed by atoms with Gasteiger partial charge in [-0.1, -0.05) is 25.3 Å². The molecule has 112 valence electrons. The molecule has 1 aliphatic rings. The van der Waals surface area contributed by atoms with E-state index >= 15 is 0 Å².